The second kappa shape index (κ2) is 8.33. The van der Waals surface area contributed by atoms with Crippen LogP contribution in [0.3, 0.4) is 0 Å². The van der Waals surface area contributed by atoms with Crippen LogP contribution >= 0.6 is 0 Å². The van der Waals surface area contributed by atoms with Gasteiger partial charge in [-0.25, -0.2) is 14.7 Å². The molecule has 4 amide bonds. The van der Waals surface area contributed by atoms with Gasteiger partial charge >= 0.3 is 18.0 Å². The van der Waals surface area contributed by atoms with E-state index in [0.29, 0.717) is 30.4 Å². The van der Waals surface area contributed by atoms with Crippen molar-refractivity contribution >= 4 is 41.7 Å². The number of ether oxygens (including phenoxy) is 3. The summed E-state index contributed by atoms with van der Waals surface area (Å²) in [5, 5.41) is 0. The fourth-order valence-electron chi connectivity index (χ4n) is 5.68. The lowest BCUT2D eigenvalue weighted by Gasteiger charge is -2.48. The Balaban J connectivity index is 1.86. The van der Waals surface area contributed by atoms with E-state index in [2.05, 4.69) is 14.5 Å². The van der Waals surface area contributed by atoms with Gasteiger partial charge in [0.1, 0.15) is 18.6 Å². The van der Waals surface area contributed by atoms with Gasteiger partial charge in [0, 0.05) is 11.5 Å². The van der Waals surface area contributed by atoms with Gasteiger partial charge < -0.3 is 14.2 Å². The number of amides is 4. The molecule has 0 spiro atoms. The maximum atomic E-state index is 13.5. The van der Waals surface area contributed by atoms with Gasteiger partial charge in [0.2, 0.25) is 17.7 Å². The minimum atomic E-state index is -1.53. The Kier molecular flexibility index (Phi) is 5.78. The first-order chi connectivity index (χ1) is 16.1. The topological polar surface area (TPSA) is 149 Å². The fraction of sp³-hybridized carbons (Fsp3) is 0.591. The van der Waals surface area contributed by atoms with Crippen LogP contribution in [0.4, 0.5) is 4.79 Å². The second-order valence-electron chi connectivity index (χ2n) is 8.70. The summed E-state index contributed by atoms with van der Waals surface area (Å²) in [5.74, 6) is -5.74. The second-order valence-corrected chi connectivity index (χ2v) is 8.70. The maximum Gasteiger partial charge on any atom is 0.424 e. The molecule has 182 valence electrons. The van der Waals surface area contributed by atoms with Gasteiger partial charge in [-0.05, 0) is 26.2 Å². The number of likely N-dealkylation sites (tertiary alicyclic amines) is 1. The maximum absolute atomic E-state index is 13.5. The predicted molar refractivity (Wildman–Crippen MR) is 112 cm³/mol. The molecule has 4 atom stereocenters. The molecule has 3 aliphatic heterocycles. The summed E-state index contributed by atoms with van der Waals surface area (Å²) in [6, 6.07) is 0. The number of aliphatic imine (C=N–C) groups is 1. The molecule has 1 saturated carbocycles. The van der Waals surface area contributed by atoms with Crippen LogP contribution in [0.1, 0.15) is 33.1 Å². The fourth-order valence-corrected chi connectivity index (χ4v) is 5.68. The molecule has 4 aliphatic rings. The van der Waals surface area contributed by atoms with Crippen LogP contribution < -0.4 is 0 Å². The van der Waals surface area contributed by atoms with Crippen LogP contribution in [0.15, 0.2) is 16.1 Å². The molecule has 0 aromatic heterocycles. The molecule has 12 heteroatoms. The molecule has 0 radical (unpaired) electrons. The van der Waals surface area contributed by atoms with Gasteiger partial charge in [-0.2, -0.15) is 0 Å². The van der Waals surface area contributed by atoms with Crippen molar-refractivity contribution in [3.8, 4) is 0 Å². The number of nitrogens with zero attached hydrogens (tertiary/aromatic N) is 3. The summed E-state index contributed by atoms with van der Waals surface area (Å²) in [7, 11) is 2.34. The Morgan fingerprint density at radius 2 is 1.79 bits per heavy atom. The van der Waals surface area contributed by atoms with Crippen LogP contribution in [0.5, 0.6) is 0 Å². The van der Waals surface area contributed by atoms with Crippen molar-refractivity contribution in [1.29, 1.82) is 0 Å². The molecule has 3 fully saturated rings. The minimum Gasteiger partial charge on any atom is -0.468 e. The van der Waals surface area contributed by atoms with Crippen molar-refractivity contribution < 1.29 is 43.0 Å². The monoisotopic (exact) mass is 475 g/mol. The summed E-state index contributed by atoms with van der Waals surface area (Å²) in [4.78, 5) is 82.2. The Morgan fingerprint density at radius 1 is 1.12 bits per heavy atom. The van der Waals surface area contributed by atoms with Crippen molar-refractivity contribution in [1.82, 2.24) is 9.80 Å². The van der Waals surface area contributed by atoms with Crippen LogP contribution in [0.2, 0.25) is 0 Å². The third kappa shape index (κ3) is 3.15. The quantitative estimate of drug-likeness (QED) is 0.309. The molecule has 3 unspecified atom stereocenters. The average Bonchev–Trinajstić information content (AvgIpc) is 3.22. The first kappa shape index (κ1) is 23.6. The van der Waals surface area contributed by atoms with E-state index in [0.717, 1.165) is 16.9 Å². The molecule has 0 aromatic rings. The summed E-state index contributed by atoms with van der Waals surface area (Å²) in [5.41, 5.74) is -0.479. The number of fused-ring (bicyclic) bond motifs is 5. The number of hydrogen-bond acceptors (Lipinski definition) is 10. The van der Waals surface area contributed by atoms with Gasteiger partial charge in [-0.3, -0.25) is 28.9 Å². The zero-order valence-corrected chi connectivity index (χ0v) is 19.3. The van der Waals surface area contributed by atoms with Crippen LogP contribution in [-0.2, 0) is 38.2 Å². The minimum absolute atomic E-state index is 0.193. The largest absolute Gasteiger partial charge is 0.468 e. The SMILES string of the molecule is CCC1=C2CCC3C(=O)N(CC(=O)OC)C(=O)C3C2[C@@]2(C)C(=NCC(=O)OC)OC(=O)N2C1=O. The van der Waals surface area contributed by atoms with Crippen molar-refractivity contribution in [2.75, 3.05) is 27.3 Å². The zero-order chi connectivity index (χ0) is 24.9. The zero-order valence-electron chi connectivity index (χ0n) is 19.3. The number of rotatable bonds is 5. The average molecular weight is 475 g/mol. The smallest absolute Gasteiger partial charge is 0.424 e. The van der Waals surface area contributed by atoms with Gasteiger partial charge in [0.15, 0.2) is 0 Å². The summed E-state index contributed by atoms with van der Waals surface area (Å²) in [6.45, 7) is 2.33. The standard InChI is InChI=1S/C22H25N3O9/c1-5-10-11-6-7-12-15(19(30)24(17(12)28)9-14(27)33-4)16(11)22(2)20(23-8-13(26)32-3)34-21(31)25(22)18(10)29/h12,15-16H,5-9H2,1-4H3/t12?,15?,16?,22-/m0/s1. The van der Waals surface area contributed by atoms with E-state index < -0.39 is 72.1 Å². The van der Waals surface area contributed by atoms with Gasteiger partial charge in [0.05, 0.1) is 26.1 Å². The number of carbonyl (C=O) groups is 6. The summed E-state index contributed by atoms with van der Waals surface area (Å²) < 4.78 is 14.6. The van der Waals surface area contributed by atoms with E-state index >= 15 is 0 Å². The van der Waals surface area contributed by atoms with Crippen molar-refractivity contribution in [2.24, 2.45) is 22.7 Å². The van der Waals surface area contributed by atoms with E-state index in [1.807, 2.05) is 0 Å². The Bertz CT molecular complexity index is 1080. The Hall–Kier alpha value is -3.57. The molecular formula is C22H25N3O9. The van der Waals surface area contributed by atoms with Crippen molar-refractivity contribution in [3.63, 3.8) is 0 Å². The van der Waals surface area contributed by atoms with E-state index in [4.69, 9.17) is 4.74 Å². The van der Waals surface area contributed by atoms with Gasteiger partial charge in [-0.1, -0.05) is 12.5 Å². The molecule has 12 nitrogen and oxygen atoms in total. The van der Waals surface area contributed by atoms with Gasteiger partial charge in [-0.15, -0.1) is 0 Å². The molecule has 1 aliphatic carbocycles. The molecule has 2 saturated heterocycles. The highest BCUT2D eigenvalue weighted by molar-refractivity contribution is 6.17. The predicted octanol–water partition coefficient (Wildman–Crippen LogP) is 0.200. The highest BCUT2D eigenvalue weighted by Crippen LogP contribution is 2.55. The van der Waals surface area contributed by atoms with E-state index in [1.54, 1.807) is 13.8 Å². The molecule has 0 aromatic carbocycles. The Labute approximate surface area is 194 Å². The number of cyclic esters (lactones) is 1. The normalized spacial score (nSPS) is 31.4. The van der Waals surface area contributed by atoms with E-state index in [-0.39, 0.29) is 5.90 Å². The first-order valence-corrected chi connectivity index (χ1v) is 10.9. The number of imide groups is 2. The molecule has 3 heterocycles. The van der Waals surface area contributed by atoms with Crippen molar-refractivity contribution in [2.45, 2.75) is 38.6 Å². The van der Waals surface area contributed by atoms with Crippen LogP contribution in [0, 0.1) is 17.8 Å². The summed E-state index contributed by atoms with van der Waals surface area (Å²) >= 11 is 0. The molecule has 0 N–H and O–H groups in total. The first-order valence-electron chi connectivity index (χ1n) is 10.9. The third-order valence-electron chi connectivity index (χ3n) is 7.19. The lowest BCUT2D eigenvalue weighted by molar-refractivity contribution is -0.151. The molecule has 0 bridgehead atoms. The highest BCUT2D eigenvalue weighted by atomic mass is 16.6. The van der Waals surface area contributed by atoms with Gasteiger partial charge in [0.25, 0.3) is 5.91 Å². The number of hydrogen-bond donors (Lipinski definition) is 0. The van der Waals surface area contributed by atoms with E-state index in [1.165, 1.54) is 7.11 Å². The number of carbonyl (C=O) groups excluding carboxylic acids is 6. The summed E-state index contributed by atoms with van der Waals surface area (Å²) in [6.07, 6.45) is 0.0132. The Morgan fingerprint density at radius 3 is 2.41 bits per heavy atom. The highest BCUT2D eigenvalue weighted by Gasteiger charge is 2.68. The number of methoxy groups -OCH3 is 2. The lowest BCUT2D eigenvalue weighted by Crippen LogP contribution is -2.63. The molecule has 4 rings (SSSR count). The molecule has 34 heavy (non-hydrogen) atoms. The molecular weight excluding hydrogens is 450 g/mol. The third-order valence-corrected chi connectivity index (χ3v) is 7.19. The van der Waals surface area contributed by atoms with Crippen LogP contribution in [-0.4, -0.2) is 84.3 Å². The van der Waals surface area contributed by atoms with Crippen LogP contribution in [0.25, 0.3) is 0 Å². The van der Waals surface area contributed by atoms with Crippen molar-refractivity contribution in [3.05, 3.63) is 11.1 Å². The lowest BCUT2D eigenvalue weighted by atomic mass is 9.59. The van der Waals surface area contributed by atoms with E-state index in [9.17, 15) is 28.8 Å². The number of esters is 2.